The molecular formula is C11H11Cl2NO. The summed E-state index contributed by atoms with van der Waals surface area (Å²) < 4.78 is 0. The summed E-state index contributed by atoms with van der Waals surface area (Å²) in [6, 6.07) is 5.68. The topological polar surface area (TPSA) is 44.0 Å². The summed E-state index contributed by atoms with van der Waals surface area (Å²) in [6.45, 7) is 3.50. The Hall–Kier alpha value is -0.750. The molecule has 1 aliphatic carbocycles. The van der Waals surface area contributed by atoms with Crippen molar-refractivity contribution in [3.8, 4) is 6.57 Å². The van der Waals surface area contributed by atoms with Gasteiger partial charge >= 0.3 is 0 Å². The number of hydrogen-bond acceptors (Lipinski definition) is 2. The average Bonchev–Trinajstić information content (AvgIpc) is 2.21. The number of rotatable bonds is 1. The molecule has 0 heterocycles. The fourth-order valence-corrected chi connectivity index (χ4v) is 1.93. The van der Waals surface area contributed by atoms with Crippen LogP contribution in [0.2, 0.25) is 10.0 Å². The third-order valence-corrected chi connectivity index (χ3v) is 3.27. The number of benzene rings is 1. The Labute approximate surface area is 99.0 Å². The van der Waals surface area contributed by atoms with Crippen molar-refractivity contribution in [1.82, 2.24) is 0 Å². The smallest absolute Gasteiger partial charge is 0.0595 e. The number of nitrogens with zero attached hydrogens (tertiary/aromatic N) is 1. The largest absolute Gasteiger partial charge is 0.393 e. The highest BCUT2D eigenvalue weighted by molar-refractivity contribution is 6.42. The summed E-state index contributed by atoms with van der Waals surface area (Å²) in [5.74, 6) is 0.463. The van der Waals surface area contributed by atoms with E-state index in [0.717, 1.165) is 12.8 Å². The number of aliphatic hydroxyl groups is 1. The van der Waals surface area contributed by atoms with Gasteiger partial charge < -0.3 is 5.11 Å². The van der Waals surface area contributed by atoms with Crippen molar-refractivity contribution in [2.75, 3.05) is 0 Å². The Bertz CT molecular complexity index is 359. The molecule has 0 radical (unpaired) electrons. The molecule has 0 spiro atoms. The zero-order valence-corrected chi connectivity index (χ0v) is 9.54. The first-order valence-electron chi connectivity index (χ1n) is 4.55. The van der Waals surface area contributed by atoms with Gasteiger partial charge in [-0.1, -0.05) is 29.3 Å². The highest BCUT2D eigenvalue weighted by atomic mass is 35.5. The first-order valence-corrected chi connectivity index (χ1v) is 5.31. The lowest BCUT2D eigenvalue weighted by molar-refractivity contribution is 0.0746. The van der Waals surface area contributed by atoms with Gasteiger partial charge in [0.05, 0.1) is 16.1 Å². The van der Waals surface area contributed by atoms with Crippen molar-refractivity contribution >= 4 is 23.2 Å². The van der Waals surface area contributed by atoms with Crippen LogP contribution in [0.3, 0.4) is 0 Å². The Morgan fingerprint density at radius 3 is 2.27 bits per heavy atom. The summed E-state index contributed by atoms with van der Waals surface area (Å²) in [7, 11) is 0. The van der Waals surface area contributed by atoms with Crippen LogP contribution < -0.4 is 0 Å². The fourth-order valence-electron chi connectivity index (χ4n) is 1.63. The minimum atomic E-state index is -0.126. The zero-order chi connectivity index (χ0) is 11.4. The van der Waals surface area contributed by atoms with Gasteiger partial charge in [0.2, 0.25) is 0 Å². The third-order valence-electron chi connectivity index (χ3n) is 2.53. The summed E-state index contributed by atoms with van der Waals surface area (Å²) in [5.41, 5.74) is 1.18. The molecule has 15 heavy (non-hydrogen) atoms. The molecular weight excluding hydrogens is 233 g/mol. The minimum absolute atomic E-state index is 0.126. The van der Waals surface area contributed by atoms with Gasteiger partial charge in [-0.25, -0.2) is 5.26 Å². The van der Waals surface area contributed by atoms with Crippen LogP contribution in [0.1, 0.15) is 24.3 Å². The van der Waals surface area contributed by atoms with E-state index >= 15 is 0 Å². The molecule has 0 atom stereocenters. The maximum absolute atomic E-state index is 9.14. The van der Waals surface area contributed by atoms with E-state index in [1.165, 1.54) is 5.56 Å². The zero-order valence-electron chi connectivity index (χ0n) is 8.03. The lowest BCUT2D eigenvalue weighted by atomic mass is 9.78. The van der Waals surface area contributed by atoms with Crippen molar-refractivity contribution in [2.45, 2.75) is 24.9 Å². The van der Waals surface area contributed by atoms with Gasteiger partial charge in [-0.15, -0.1) is 0 Å². The lowest BCUT2D eigenvalue weighted by Gasteiger charge is -2.31. The predicted molar refractivity (Wildman–Crippen MR) is 61.1 cm³/mol. The monoisotopic (exact) mass is 243 g/mol. The molecule has 0 aromatic heterocycles. The number of hydrogen-bond donors (Lipinski definition) is 1. The second kappa shape index (κ2) is 5.37. The molecule has 0 amide bonds. The molecule has 1 aliphatic rings. The van der Waals surface area contributed by atoms with Crippen LogP contribution in [0.4, 0.5) is 0 Å². The van der Waals surface area contributed by atoms with Crippen molar-refractivity contribution in [1.29, 1.82) is 5.26 Å². The predicted octanol–water partition coefficient (Wildman–Crippen LogP) is 3.37. The van der Waals surface area contributed by atoms with Gasteiger partial charge in [-0.2, -0.15) is 0 Å². The minimum Gasteiger partial charge on any atom is -0.393 e. The lowest BCUT2D eigenvalue weighted by Crippen LogP contribution is -2.26. The van der Waals surface area contributed by atoms with Crippen LogP contribution in [0.25, 0.3) is 0 Å². The SMILES string of the molecule is C#N.OC1CC(c2ccc(Cl)c(Cl)c2)C1. The van der Waals surface area contributed by atoms with E-state index in [-0.39, 0.29) is 6.10 Å². The molecule has 0 saturated heterocycles. The molecule has 1 aromatic rings. The van der Waals surface area contributed by atoms with Gasteiger partial charge in [0.25, 0.3) is 0 Å². The second-order valence-corrected chi connectivity index (χ2v) is 4.31. The molecule has 2 nitrogen and oxygen atoms in total. The quantitative estimate of drug-likeness (QED) is 0.822. The Kier molecular flexibility index (Phi) is 4.41. The maximum Gasteiger partial charge on any atom is 0.0595 e. The van der Waals surface area contributed by atoms with Crippen molar-refractivity contribution < 1.29 is 5.11 Å². The molecule has 0 unspecified atom stereocenters. The van der Waals surface area contributed by atoms with Gasteiger partial charge in [-0.05, 0) is 36.5 Å². The maximum atomic E-state index is 9.14. The normalized spacial score (nSPS) is 23.5. The van der Waals surface area contributed by atoms with E-state index in [0.29, 0.717) is 16.0 Å². The summed E-state index contributed by atoms with van der Waals surface area (Å²) in [5, 5.41) is 16.8. The van der Waals surface area contributed by atoms with Crippen molar-refractivity contribution in [3.63, 3.8) is 0 Å². The number of nitriles is 1. The van der Waals surface area contributed by atoms with Crippen molar-refractivity contribution in [3.05, 3.63) is 33.8 Å². The summed E-state index contributed by atoms with van der Waals surface area (Å²) >= 11 is 11.7. The molecule has 1 fully saturated rings. The molecule has 0 bridgehead atoms. The third kappa shape index (κ3) is 2.85. The Balaban J connectivity index is 0.000000531. The summed E-state index contributed by atoms with van der Waals surface area (Å²) in [6.07, 6.45) is 1.56. The first kappa shape index (κ1) is 12.3. The van der Waals surface area contributed by atoms with E-state index in [1.807, 2.05) is 18.2 Å². The molecule has 0 aliphatic heterocycles. The number of halogens is 2. The van der Waals surface area contributed by atoms with Crippen LogP contribution in [-0.2, 0) is 0 Å². The molecule has 1 saturated carbocycles. The average molecular weight is 244 g/mol. The standard InChI is InChI=1S/C10H10Cl2O.CHN/c11-9-2-1-6(5-10(9)12)7-3-8(13)4-7;1-2/h1-2,5,7-8,13H,3-4H2;1H. The van der Waals surface area contributed by atoms with Crippen molar-refractivity contribution in [2.24, 2.45) is 0 Å². The van der Waals surface area contributed by atoms with E-state index in [4.69, 9.17) is 33.6 Å². The molecule has 80 valence electrons. The second-order valence-electron chi connectivity index (χ2n) is 3.50. The van der Waals surface area contributed by atoms with Crippen LogP contribution >= 0.6 is 23.2 Å². The van der Waals surface area contributed by atoms with Crippen LogP contribution in [-0.4, -0.2) is 11.2 Å². The van der Waals surface area contributed by atoms with Gasteiger partial charge in [0.15, 0.2) is 0 Å². The van der Waals surface area contributed by atoms with Gasteiger partial charge in [0.1, 0.15) is 0 Å². The summed E-state index contributed by atoms with van der Waals surface area (Å²) in [4.78, 5) is 0. The van der Waals surface area contributed by atoms with Crippen LogP contribution in [0, 0.1) is 11.8 Å². The van der Waals surface area contributed by atoms with E-state index < -0.39 is 0 Å². The Morgan fingerprint density at radius 1 is 1.20 bits per heavy atom. The molecule has 1 aromatic carbocycles. The fraction of sp³-hybridized carbons (Fsp3) is 0.364. The van der Waals surface area contributed by atoms with Gasteiger partial charge in [-0.3, -0.25) is 0 Å². The molecule has 2 rings (SSSR count). The molecule has 1 N–H and O–H groups in total. The van der Waals surface area contributed by atoms with Crippen LogP contribution in [0.15, 0.2) is 18.2 Å². The van der Waals surface area contributed by atoms with E-state index in [2.05, 4.69) is 6.57 Å². The highest BCUT2D eigenvalue weighted by Gasteiger charge is 2.28. The van der Waals surface area contributed by atoms with Gasteiger partial charge in [0, 0.05) is 6.57 Å². The first-order chi connectivity index (χ1) is 7.16. The van der Waals surface area contributed by atoms with Crippen LogP contribution in [0.5, 0.6) is 0 Å². The number of aliphatic hydroxyl groups excluding tert-OH is 1. The molecule has 4 heteroatoms. The Morgan fingerprint density at radius 2 is 1.80 bits per heavy atom. The van der Waals surface area contributed by atoms with E-state index in [9.17, 15) is 0 Å². The highest BCUT2D eigenvalue weighted by Crippen LogP contribution is 2.38. The van der Waals surface area contributed by atoms with E-state index in [1.54, 1.807) is 0 Å².